The van der Waals surface area contributed by atoms with Crippen molar-refractivity contribution in [2.75, 3.05) is 13.7 Å². The van der Waals surface area contributed by atoms with Crippen LogP contribution in [0.3, 0.4) is 0 Å². The van der Waals surface area contributed by atoms with Gasteiger partial charge in [0.1, 0.15) is 6.71 Å². The Hall–Kier alpha value is -0.0151. The minimum atomic E-state index is 0.893. The van der Waals surface area contributed by atoms with Crippen molar-refractivity contribution in [3.63, 3.8) is 0 Å². The Morgan fingerprint density at radius 1 is 0.842 bits per heavy atom. The van der Waals surface area contributed by atoms with E-state index in [1.54, 1.807) is 7.11 Å². The van der Waals surface area contributed by atoms with E-state index in [4.69, 9.17) is 0 Å². The zero-order chi connectivity index (χ0) is 15.3. The van der Waals surface area contributed by atoms with E-state index in [1.165, 1.54) is 19.3 Å². The van der Waals surface area contributed by atoms with Gasteiger partial charge >= 0.3 is 0 Å². The molecule has 0 aliphatic heterocycles. The molecule has 0 saturated heterocycles. The van der Waals surface area contributed by atoms with Crippen molar-refractivity contribution < 1.29 is 4.84 Å². The summed E-state index contributed by atoms with van der Waals surface area (Å²) in [6.45, 7) is 18.2. The van der Waals surface area contributed by atoms with Crippen LogP contribution in [-0.2, 0) is 4.84 Å². The zero-order valence-electron chi connectivity index (χ0n) is 14.8. The van der Waals surface area contributed by atoms with Crippen molar-refractivity contribution in [1.29, 1.82) is 0 Å². The number of rotatable bonds is 9. The lowest BCUT2D eigenvalue weighted by Gasteiger charge is -2.30. The van der Waals surface area contributed by atoms with Crippen LogP contribution in [0.15, 0.2) is 0 Å². The van der Waals surface area contributed by atoms with Crippen LogP contribution in [0, 0.1) is 0 Å². The highest BCUT2D eigenvalue weighted by molar-refractivity contribution is 6.63. The van der Waals surface area contributed by atoms with E-state index in [2.05, 4.69) is 58.8 Å². The number of hydrogen-bond donors (Lipinski definition) is 1. The number of nitrogens with one attached hydrogen (secondary N) is 1. The zero-order valence-corrected chi connectivity index (χ0v) is 14.8. The lowest BCUT2D eigenvalue weighted by Crippen LogP contribution is -2.28. The molecule has 0 bridgehead atoms. The number of hydrogen-bond acceptors (Lipinski definition) is 2. The second-order valence-corrected chi connectivity index (χ2v) is 5.83. The fourth-order valence-corrected chi connectivity index (χ4v) is 2.70. The van der Waals surface area contributed by atoms with Crippen molar-refractivity contribution in [3.05, 3.63) is 0 Å². The third-order valence-corrected chi connectivity index (χ3v) is 4.40. The molecular weight excluding hydrogens is 233 g/mol. The van der Waals surface area contributed by atoms with Crippen LogP contribution in [0.1, 0.15) is 74.1 Å². The molecule has 0 spiro atoms. The molecule has 0 fully saturated rings. The predicted molar refractivity (Wildman–Crippen MR) is 90.2 cm³/mol. The molecule has 116 valence electrons. The summed E-state index contributed by atoms with van der Waals surface area (Å²) in [7, 11) is 1.62. The summed E-state index contributed by atoms with van der Waals surface area (Å²) in [5, 5.41) is 0. The summed E-state index contributed by atoms with van der Waals surface area (Å²) in [6, 6.07) is 0. The molecule has 3 atom stereocenters. The van der Waals surface area contributed by atoms with Gasteiger partial charge < -0.3 is 4.84 Å². The number of hydroxylamine groups is 1. The van der Waals surface area contributed by atoms with Gasteiger partial charge in [-0.05, 0) is 6.42 Å². The SMILES string of the molecule is CCC(C)B(C(C)CC)C(C)CC.CCCNOC. The molecule has 0 rings (SSSR count). The summed E-state index contributed by atoms with van der Waals surface area (Å²) < 4.78 is 0. The van der Waals surface area contributed by atoms with Gasteiger partial charge in [0, 0.05) is 6.54 Å². The first kappa shape index (κ1) is 21.3. The molecule has 3 heteroatoms. The standard InChI is InChI=1S/C12H27B.C4H11NO/c1-7-10(4)13(11(5)8-2)12(6)9-3;1-3-4-5-6-2/h10-12H,7-9H2,1-6H3;5H,3-4H2,1-2H3. The van der Waals surface area contributed by atoms with Crippen LogP contribution in [0.25, 0.3) is 0 Å². The van der Waals surface area contributed by atoms with Crippen LogP contribution in [-0.4, -0.2) is 20.4 Å². The second kappa shape index (κ2) is 14.4. The van der Waals surface area contributed by atoms with Gasteiger partial charge in [-0.1, -0.05) is 85.2 Å². The van der Waals surface area contributed by atoms with Crippen LogP contribution in [0.5, 0.6) is 0 Å². The fourth-order valence-electron chi connectivity index (χ4n) is 2.70. The first-order chi connectivity index (χ1) is 8.99. The van der Waals surface area contributed by atoms with Gasteiger partial charge in [0.15, 0.2) is 0 Å². The quantitative estimate of drug-likeness (QED) is 0.343. The van der Waals surface area contributed by atoms with Crippen molar-refractivity contribution in [2.24, 2.45) is 0 Å². The molecule has 0 aromatic heterocycles. The Morgan fingerprint density at radius 3 is 1.37 bits per heavy atom. The van der Waals surface area contributed by atoms with Gasteiger partial charge in [-0.15, -0.1) is 0 Å². The Morgan fingerprint density at radius 2 is 1.21 bits per heavy atom. The van der Waals surface area contributed by atoms with Crippen LogP contribution >= 0.6 is 0 Å². The van der Waals surface area contributed by atoms with Gasteiger partial charge in [-0.3, -0.25) is 0 Å². The molecule has 0 saturated carbocycles. The van der Waals surface area contributed by atoms with Crippen molar-refractivity contribution in [1.82, 2.24) is 5.48 Å². The minimum Gasteiger partial charge on any atom is -0.305 e. The average molecular weight is 271 g/mol. The maximum absolute atomic E-state index is 4.53. The van der Waals surface area contributed by atoms with Crippen molar-refractivity contribution in [3.8, 4) is 0 Å². The topological polar surface area (TPSA) is 21.3 Å². The molecule has 0 aromatic rings. The van der Waals surface area contributed by atoms with E-state index in [0.717, 1.165) is 37.1 Å². The Labute approximate surface area is 123 Å². The summed E-state index contributed by atoms with van der Waals surface area (Å²) in [4.78, 5) is 4.53. The first-order valence-electron chi connectivity index (χ1n) is 8.25. The summed E-state index contributed by atoms with van der Waals surface area (Å²) >= 11 is 0. The van der Waals surface area contributed by atoms with Gasteiger partial charge in [0.05, 0.1) is 7.11 Å². The average Bonchev–Trinajstić information content (AvgIpc) is 2.44. The Bertz CT molecular complexity index is 150. The highest BCUT2D eigenvalue weighted by Crippen LogP contribution is 2.35. The Balaban J connectivity index is 0. The molecule has 0 amide bonds. The summed E-state index contributed by atoms with van der Waals surface area (Å²) in [5.74, 6) is 2.68. The van der Waals surface area contributed by atoms with Crippen LogP contribution < -0.4 is 5.48 Å². The minimum absolute atomic E-state index is 0.893. The van der Waals surface area contributed by atoms with Crippen LogP contribution in [0.2, 0.25) is 17.5 Å². The summed E-state index contributed by atoms with van der Waals surface area (Å²) in [6.07, 6.45) is 5.12. The van der Waals surface area contributed by atoms with E-state index < -0.39 is 0 Å². The molecule has 2 nitrogen and oxygen atoms in total. The van der Waals surface area contributed by atoms with E-state index in [9.17, 15) is 0 Å². The van der Waals surface area contributed by atoms with Crippen molar-refractivity contribution >= 4 is 6.71 Å². The van der Waals surface area contributed by atoms with Crippen LogP contribution in [0.4, 0.5) is 0 Å². The highest BCUT2D eigenvalue weighted by Gasteiger charge is 2.29. The molecule has 0 aromatic carbocycles. The lowest BCUT2D eigenvalue weighted by atomic mass is 9.28. The fraction of sp³-hybridized carbons (Fsp3) is 1.00. The van der Waals surface area contributed by atoms with Gasteiger partial charge in [0.25, 0.3) is 0 Å². The predicted octanol–water partition coefficient (Wildman–Crippen LogP) is 5.43. The third kappa shape index (κ3) is 10.4. The molecular formula is C16H38BNO. The van der Waals surface area contributed by atoms with Gasteiger partial charge in [-0.25, -0.2) is 5.48 Å². The van der Waals surface area contributed by atoms with E-state index in [-0.39, 0.29) is 0 Å². The molecule has 1 N–H and O–H groups in total. The third-order valence-electron chi connectivity index (χ3n) is 4.40. The molecule has 0 aliphatic rings. The summed E-state index contributed by atoms with van der Waals surface area (Å²) in [5.41, 5.74) is 2.70. The monoisotopic (exact) mass is 271 g/mol. The Kier molecular flexibility index (Phi) is 16.1. The largest absolute Gasteiger partial charge is 0.305 e. The highest BCUT2D eigenvalue weighted by atomic mass is 16.6. The molecule has 0 heterocycles. The maximum atomic E-state index is 4.53. The van der Waals surface area contributed by atoms with E-state index >= 15 is 0 Å². The van der Waals surface area contributed by atoms with Gasteiger partial charge in [-0.2, -0.15) is 0 Å². The lowest BCUT2D eigenvalue weighted by molar-refractivity contribution is 0.0920. The maximum Gasteiger partial charge on any atom is 0.148 e. The second-order valence-electron chi connectivity index (χ2n) is 5.83. The van der Waals surface area contributed by atoms with Crippen molar-refractivity contribution in [2.45, 2.75) is 91.6 Å². The molecule has 19 heavy (non-hydrogen) atoms. The smallest absolute Gasteiger partial charge is 0.148 e. The normalized spacial score (nSPS) is 15.2. The van der Waals surface area contributed by atoms with E-state index in [0.29, 0.717) is 0 Å². The first-order valence-corrected chi connectivity index (χ1v) is 8.25. The van der Waals surface area contributed by atoms with Gasteiger partial charge in [0.2, 0.25) is 0 Å². The molecule has 3 unspecified atom stereocenters. The molecule has 0 radical (unpaired) electrons. The van der Waals surface area contributed by atoms with E-state index in [1.807, 2.05) is 0 Å². The molecule has 0 aliphatic carbocycles.